The first kappa shape index (κ1) is 29.1. The minimum Gasteiger partial charge on any atom is -0.458 e. The molecule has 2 aliphatic heterocycles. The average molecular weight is 640 g/mol. The second-order valence-corrected chi connectivity index (χ2v) is 12.4. The smallest absolute Gasteiger partial charge is 0.260 e. The van der Waals surface area contributed by atoms with Crippen LogP contribution in [0.25, 0.3) is 22.3 Å². The van der Waals surface area contributed by atoms with Gasteiger partial charge in [-0.1, -0.05) is 84.9 Å². The van der Waals surface area contributed by atoms with Crippen molar-refractivity contribution in [1.82, 2.24) is 0 Å². The zero-order valence-electron chi connectivity index (χ0n) is 26.7. The van der Waals surface area contributed by atoms with Gasteiger partial charge in [0.15, 0.2) is 0 Å². The van der Waals surface area contributed by atoms with E-state index in [1.54, 1.807) is 24.3 Å². The van der Waals surface area contributed by atoms with Crippen molar-refractivity contribution in [3.05, 3.63) is 169 Å². The first-order chi connectivity index (χ1) is 24.7. The number of anilines is 3. The van der Waals surface area contributed by atoms with Crippen LogP contribution < -0.4 is 30.8 Å². The van der Waals surface area contributed by atoms with E-state index in [-0.39, 0.29) is 6.71 Å². The van der Waals surface area contributed by atoms with Gasteiger partial charge in [-0.25, -0.2) is 0 Å². The molecule has 0 saturated heterocycles. The van der Waals surface area contributed by atoms with Crippen LogP contribution in [0.5, 0.6) is 23.0 Å². The molecule has 0 bridgehead atoms. The van der Waals surface area contributed by atoms with Gasteiger partial charge in [-0.3, -0.25) is 0 Å². The fourth-order valence-electron chi connectivity index (χ4n) is 7.05. The summed E-state index contributed by atoms with van der Waals surface area (Å²) in [6, 6.07) is 57.1. The lowest BCUT2D eigenvalue weighted by atomic mass is 9.34. The second-order valence-electron chi connectivity index (χ2n) is 12.4. The summed E-state index contributed by atoms with van der Waals surface area (Å²) in [5, 5.41) is 19.0. The van der Waals surface area contributed by atoms with Gasteiger partial charge >= 0.3 is 0 Å². The molecule has 0 N–H and O–H groups in total. The van der Waals surface area contributed by atoms with Gasteiger partial charge < -0.3 is 14.4 Å². The number of nitriles is 2. The highest BCUT2D eigenvalue weighted by Crippen LogP contribution is 2.43. The fourth-order valence-corrected chi connectivity index (χ4v) is 7.05. The number of benzene rings is 7. The highest BCUT2D eigenvalue weighted by molar-refractivity contribution is 6.98. The number of rotatable bonds is 5. The van der Waals surface area contributed by atoms with Crippen LogP contribution in [0.4, 0.5) is 17.1 Å². The lowest BCUT2D eigenvalue weighted by Gasteiger charge is -2.35. The molecule has 0 fully saturated rings. The predicted molar refractivity (Wildman–Crippen MR) is 199 cm³/mol. The van der Waals surface area contributed by atoms with Gasteiger partial charge in [0, 0.05) is 29.0 Å². The second kappa shape index (κ2) is 11.9. The molecule has 7 aromatic carbocycles. The van der Waals surface area contributed by atoms with E-state index in [9.17, 15) is 10.5 Å². The van der Waals surface area contributed by atoms with E-state index < -0.39 is 0 Å². The standard InChI is InChI=1S/C44H26BN3O2/c46-27-29-11-17-35(18-12-29)48(36-19-13-30(28-47)14-20-36)37-25-42-44-43(26-37)50-41-24-34(32-9-5-2-6-10-32)16-22-39(41)45(44)38-21-15-33(23-40(38)49-42)31-7-3-1-4-8-31/h1-26H. The Kier molecular flexibility index (Phi) is 6.94. The molecule has 0 unspecified atom stereocenters. The Morgan fingerprint density at radius 2 is 0.860 bits per heavy atom. The third kappa shape index (κ3) is 4.96. The van der Waals surface area contributed by atoms with Crippen LogP contribution in [0.3, 0.4) is 0 Å². The fraction of sp³-hybridized carbons (Fsp3) is 0. The van der Waals surface area contributed by atoms with Gasteiger partial charge in [0.05, 0.1) is 29.0 Å². The van der Waals surface area contributed by atoms with Crippen LogP contribution in [0.15, 0.2) is 158 Å². The van der Waals surface area contributed by atoms with Gasteiger partial charge in [-0.15, -0.1) is 0 Å². The minimum absolute atomic E-state index is 0.102. The maximum absolute atomic E-state index is 9.51. The van der Waals surface area contributed by atoms with Gasteiger partial charge in [-0.05, 0) is 93.8 Å². The molecule has 6 heteroatoms. The van der Waals surface area contributed by atoms with Gasteiger partial charge in [-0.2, -0.15) is 10.5 Å². The Morgan fingerprint density at radius 1 is 0.420 bits per heavy atom. The molecular weight excluding hydrogens is 613 g/mol. The van der Waals surface area contributed by atoms with Crippen LogP contribution in [-0.4, -0.2) is 6.71 Å². The van der Waals surface area contributed by atoms with Crippen molar-refractivity contribution in [1.29, 1.82) is 10.5 Å². The molecule has 9 rings (SSSR count). The Bertz CT molecular complexity index is 2330. The van der Waals surface area contributed by atoms with Crippen LogP contribution in [0.1, 0.15) is 11.1 Å². The highest BCUT2D eigenvalue weighted by atomic mass is 16.5. The van der Waals surface area contributed by atoms with Crippen molar-refractivity contribution in [2.75, 3.05) is 4.90 Å². The lowest BCUT2D eigenvalue weighted by Crippen LogP contribution is -2.57. The number of ether oxygens (including phenoxy) is 2. The molecule has 2 heterocycles. The third-order valence-corrected chi connectivity index (χ3v) is 9.45. The van der Waals surface area contributed by atoms with Crippen LogP contribution in [-0.2, 0) is 0 Å². The number of hydrogen-bond acceptors (Lipinski definition) is 5. The van der Waals surface area contributed by atoms with E-state index in [0.29, 0.717) is 22.6 Å². The summed E-state index contributed by atoms with van der Waals surface area (Å²) < 4.78 is 13.7. The molecule has 0 aromatic heterocycles. The quantitative estimate of drug-likeness (QED) is 0.176. The van der Waals surface area contributed by atoms with E-state index in [0.717, 1.165) is 67.2 Å². The Morgan fingerprint density at radius 3 is 1.28 bits per heavy atom. The summed E-state index contributed by atoms with van der Waals surface area (Å²) in [6.45, 7) is -0.102. The van der Waals surface area contributed by atoms with E-state index in [1.807, 2.05) is 60.7 Å². The SMILES string of the molecule is N#Cc1ccc(N(c2ccc(C#N)cc2)c2cc3c4c(c2)Oc2cc(-c5ccccc5)ccc2B4c2ccc(-c4ccccc4)cc2O3)cc1. The van der Waals surface area contributed by atoms with Crippen LogP contribution >= 0.6 is 0 Å². The molecule has 5 nitrogen and oxygen atoms in total. The summed E-state index contributed by atoms with van der Waals surface area (Å²) in [4.78, 5) is 2.09. The normalized spacial score (nSPS) is 11.8. The number of fused-ring (bicyclic) bond motifs is 4. The van der Waals surface area contributed by atoms with Crippen molar-refractivity contribution in [3.63, 3.8) is 0 Å². The minimum atomic E-state index is -0.102. The third-order valence-electron chi connectivity index (χ3n) is 9.45. The lowest BCUT2D eigenvalue weighted by molar-refractivity contribution is 0.465. The maximum Gasteiger partial charge on any atom is 0.260 e. The van der Waals surface area contributed by atoms with Crippen LogP contribution in [0, 0.1) is 22.7 Å². The zero-order valence-corrected chi connectivity index (χ0v) is 26.7. The molecule has 0 spiro atoms. The summed E-state index contributed by atoms with van der Waals surface area (Å²) in [7, 11) is 0. The molecule has 0 aliphatic carbocycles. The van der Waals surface area contributed by atoms with Gasteiger partial charge in [0.2, 0.25) is 0 Å². The number of hydrogen-bond donors (Lipinski definition) is 0. The molecule has 0 amide bonds. The first-order valence-corrected chi connectivity index (χ1v) is 16.4. The van der Waals surface area contributed by atoms with Crippen molar-refractivity contribution in [2.24, 2.45) is 0 Å². The van der Waals surface area contributed by atoms with E-state index in [1.165, 1.54) is 0 Å². The highest BCUT2D eigenvalue weighted by Gasteiger charge is 2.41. The van der Waals surface area contributed by atoms with E-state index in [4.69, 9.17) is 9.47 Å². The van der Waals surface area contributed by atoms with Crippen LogP contribution in [0.2, 0.25) is 0 Å². The Balaban J connectivity index is 1.25. The van der Waals surface area contributed by atoms with Crippen molar-refractivity contribution >= 4 is 40.2 Å². The van der Waals surface area contributed by atoms with Crippen molar-refractivity contribution in [2.45, 2.75) is 0 Å². The summed E-state index contributed by atoms with van der Waals surface area (Å²) >= 11 is 0. The predicted octanol–water partition coefficient (Wildman–Crippen LogP) is 8.96. The monoisotopic (exact) mass is 639 g/mol. The molecule has 50 heavy (non-hydrogen) atoms. The van der Waals surface area contributed by atoms with Gasteiger partial charge in [0.1, 0.15) is 23.0 Å². The molecule has 0 atom stereocenters. The molecule has 0 radical (unpaired) electrons. The molecule has 7 aromatic rings. The summed E-state index contributed by atoms with van der Waals surface area (Å²) in [5.74, 6) is 3.03. The molecule has 2 aliphatic rings. The number of nitrogens with zero attached hydrogens (tertiary/aromatic N) is 3. The summed E-state index contributed by atoms with van der Waals surface area (Å²) in [6.07, 6.45) is 0. The first-order valence-electron chi connectivity index (χ1n) is 16.4. The Labute approximate surface area is 290 Å². The average Bonchev–Trinajstić information content (AvgIpc) is 3.18. The topological polar surface area (TPSA) is 69.3 Å². The van der Waals surface area contributed by atoms with Crippen molar-refractivity contribution in [3.8, 4) is 57.4 Å². The molecular formula is C44H26BN3O2. The largest absolute Gasteiger partial charge is 0.458 e. The van der Waals surface area contributed by atoms with Gasteiger partial charge in [0.25, 0.3) is 6.71 Å². The Hall–Kier alpha value is -7.02. The molecule has 0 saturated carbocycles. The van der Waals surface area contributed by atoms with E-state index >= 15 is 0 Å². The summed E-state index contributed by atoms with van der Waals surface area (Å²) in [5.41, 5.74) is 11.2. The molecule has 232 valence electrons. The van der Waals surface area contributed by atoms with E-state index in [2.05, 4.69) is 89.8 Å². The zero-order chi connectivity index (χ0) is 33.6. The maximum atomic E-state index is 9.51. The van der Waals surface area contributed by atoms with Crippen molar-refractivity contribution < 1.29 is 9.47 Å².